The third-order valence-electron chi connectivity index (χ3n) is 2.85. The second-order valence-electron chi connectivity index (χ2n) is 4.43. The minimum absolute atomic E-state index is 0.0189. The zero-order valence-electron chi connectivity index (χ0n) is 10.8. The number of rotatable bonds is 4. The number of ether oxygens (including phenoxy) is 2. The summed E-state index contributed by atoms with van der Waals surface area (Å²) in [7, 11) is 0. The number of carbonyl (C=O) groups excluding carboxylic acids is 1. The maximum Gasteiger partial charge on any atom is 0.328 e. The summed E-state index contributed by atoms with van der Waals surface area (Å²) in [6.45, 7) is 1.27. The molecule has 0 aliphatic carbocycles. The predicted octanol–water partition coefficient (Wildman–Crippen LogP) is -0.223. The van der Waals surface area contributed by atoms with Crippen molar-refractivity contribution in [3.8, 4) is 11.5 Å². The highest BCUT2D eigenvalue weighted by Gasteiger charge is 2.32. The Bertz CT molecular complexity index is 515. The number of aliphatic hydroxyl groups is 1. The number of amides is 1. The molecule has 1 aromatic carbocycles. The van der Waals surface area contributed by atoms with Gasteiger partial charge in [0.2, 0.25) is 6.10 Å². The van der Waals surface area contributed by atoms with Crippen LogP contribution in [0.2, 0.25) is 0 Å². The van der Waals surface area contributed by atoms with E-state index in [4.69, 9.17) is 14.6 Å². The highest BCUT2D eigenvalue weighted by atomic mass is 16.6. The SMILES string of the molecule is C[C@@H](O)[C@H](NC(=O)C1COc2ccccc2O1)C(=O)O. The molecule has 1 heterocycles. The molecule has 0 saturated heterocycles. The number of carbonyl (C=O) groups is 2. The van der Waals surface area contributed by atoms with Crippen molar-refractivity contribution in [3.05, 3.63) is 24.3 Å². The van der Waals surface area contributed by atoms with E-state index in [-0.39, 0.29) is 6.61 Å². The number of carboxylic acid groups (broad SMARTS) is 1. The van der Waals surface area contributed by atoms with E-state index >= 15 is 0 Å². The number of fused-ring (bicyclic) bond motifs is 1. The monoisotopic (exact) mass is 281 g/mol. The van der Waals surface area contributed by atoms with E-state index in [1.54, 1.807) is 24.3 Å². The van der Waals surface area contributed by atoms with Crippen molar-refractivity contribution in [2.24, 2.45) is 0 Å². The molecule has 1 amide bonds. The molecule has 1 aliphatic heterocycles. The van der Waals surface area contributed by atoms with Gasteiger partial charge in [-0.3, -0.25) is 4.79 Å². The van der Waals surface area contributed by atoms with Gasteiger partial charge in [0.1, 0.15) is 6.61 Å². The number of aliphatic carboxylic acids is 1. The summed E-state index contributed by atoms with van der Waals surface area (Å²) in [5.74, 6) is -1.01. The molecule has 2 rings (SSSR count). The predicted molar refractivity (Wildman–Crippen MR) is 67.6 cm³/mol. The molecule has 0 radical (unpaired) electrons. The van der Waals surface area contributed by atoms with Crippen LogP contribution in [0.3, 0.4) is 0 Å². The largest absolute Gasteiger partial charge is 0.485 e. The quantitative estimate of drug-likeness (QED) is 0.704. The first kappa shape index (κ1) is 14.1. The standard InChI is InChI=1S/C13H15NO6/c1-7(15)11(13(17)18)14-12(16)10-6-19-8-4-2-3-5-9(8)20-10/h2-5,7,10-11,15H,6H2,1H3,(H,14,16)(H,17,18)/t7-,10?,11+/m1/s1. The molecule has 3 N–H and O–H groups in total. The lowest BCUT2D eigenvalue weighted by atomic mass is 10.1. The number of para-hydroxylation sites is 2. The van der Waals surface area contributed by atoms with E-state index in [0.717, 1.165) is 0 Å². The Kier molecular flexibility index (Phi) is 4.09. The number of aliphatic hydroxyl groups excluding tert-OH is 1. The van der Waals surface area contributed by atoms with E-state index in [1.165, 1.54) is 6.92 Å². The van der Waals surface area contributed by atoms with Crippen molar-refractivity contribution >= 4 is 11.9 Å². The third kappa shape index (κ3) is 3.00. The lowest BCUT2D eigenvalue weighted by Gasteiger charge is -2.27. The van der Waals surface area contributed by atoms with E-state index < -0.39 is 30.1 Å². The average molecular weight is 281 g/mol. The molecule has 7 nitrogen and oxygen atoms in total. The minimum atomic E-state index is -1.39. The molecule has 1 unspecified atom stereocenters. The second kappa shape index (κ2) is 5.79. The second-order valence-corrected chi connectivity index (χ2v) is 4.43. The van der Waals surface area contributed by atoms with Crippen LogP contribution < -0.4 is 14.8 Å². The molecule has 7 heteroatoms. The number of carboxylic acids is 1. The molecule has 1 aromatic rings. The Morgan fingerprint density at radius 3 is 2.60 bits per heavy atom. The van der Waals surface area contributed by atoms with E-state index in [0.29, 0.717) is 11.5 Å². The van der Waals surface area contributed by atoms with Crippen molar-refractivity contribution in [1.29, 1.82) is 0 Å². The molecule has 1 aliphatic rings. The Labute approximate surface area is 115 Å². The molecule has 0 saturated carbocycles. The van der Waals surface area contributed by atoms with Gasteiger partial charge in [-0.05, 0) is 19.1 Å². The first-order valence-corrected chi connectivity index (χ1v) is 6.08. The maximum atomic E-state index is 11.9. The summed E-state index contributed by atoms with van der Waals surface area (Å²) >= 11 is 0. The van der Waals surface area contributed by atoms with Gasteiger partial charge in [0.15, 0.2) is 17.5 Å². The van der Waals surface area contributed by atoms with Crippen LogP contribution in [0.4, 0.5) is 0 Å². The van der Waals surface area contributed by atoms with Gasteiger partial charge in [0.25, 0.3) is 5.91 Å². The fourth-order valence-corrected chi connectivity index (χ4v) is 1.78. The van der Waals surface area contributed by atoms with Gasteiger partial charge in [-0.1, -0.05) is 12.1 Å². The highest BCUT2D eigenvalue weighted by molar-refractivity contribution is 5.87. The van der Waals surface area contributed by atoms with Gasteiger partial charge in [0, 0.05) is 0 Å². The normalized spacial score (nSPS) is 19.8. The third-order valence-corrected chi connectivity index (χ3v) is 2.85. The summed E-state index contributed by atoms with van der Waals surface area (Å²) < 4.78 is 10.8. The number of benzene rings is 1. The molecule has 3 atom stereocenters. The lowest BCUT2D eigenvalue weighted by molar-refractivity contribution is -0.146. The minimum Gasteiger partial charge on any atom is -0.485 e. The van der Waals surface area contributed by atoms with Gasteiger partial charge in [-0.25, -0.2) is 4.79 Å². The fraction of sp³-hybridized carbons (Fsp3) is 0.385. The van der Waals surface area contributed by atoms with Gasteiger partial charge in [-0.2, -0.15) is 0 Å². The molecular weight excluding hydrogens is 266 g/mol. The molecular formula is C13H15NO6. The van der Waals surface area contributed by atoms with E-state index in [1.807, 2.05) is 0 Å². The Morgan fingerprint density at radius 1 is 1.35 bits per heavy atom. The van der Waals surface area contributed by atoms with Crippen LogP contribution in [-0.2, 0) is 9.59 Å². The van der Waals surface area contributed by atoms with Crippen LogP contribution in [-0.4, -0.2) is 46.9 Å². The maximum absolute atomic E-state index is 11.9. The molecule has 0 bridgehead atoms. The molecule has 0 aromatic heterocycles. The van der Waals surface area contributed by atoms with Crippen LogP contribution in [0.1, 0.15) is 6.92 Å². The van der Waals surface area contributed by atoms with Gasteiger partial charge in [0.05, 0.1) is 6.10 Å². The summed E-state index contributed by atoms with van der Waals surface area (Å²) in [5, 5.41) is 20.4. The summed E-state index contributed by atoms with van der Waals surface area (Å²) in [5.41, 5.74) is 0. The van der Waals surface area contributed by atoms with Gasteiger partial charge < -0.3 is 25.0 Å². The summed E-state index contributed by atoms with van der Waals surface area (Å²) in [4.78, 5) is 22.8. The zero-order chi connectivity index (χ0) is 14.7. The Morgan fingerprint density at radius 2 is 2.00 bits per heavy atom. The Hall–Kier alpha value is -2.28. The average Bonchev–Trinajstić information content (AvgIpc) is 2.43. The number of hydrogen-bond donors (Lipinski definition) is 3. The number of hydrogen-bond acceptors (Lipinski definition) is 5. The van der Waals surface area contributed by atoms with Crippen LogP contribution in [0, 0.1) is 0 Å². The van der Waals surface area contributed by atoms with E-state index in [9.17, 15) is 14.7 Å². The summed E-state index contributed by atoms with van der Waals surface area (Å²) in [6.07, 6.45) is -2.17. The smallest absolute Gasteiger partial charge is 0.328 e. The van der Waals surface area contributed by atoms with Gasteiger partial charge in [-0.15, -0.1) is 0 Å². The van der Waals surface area contributed by atoms with Crippen LogP contribution in [0.5, 0.6) is 11.5 Å². The molecule has 0 spiro atoms. The molecule has 0 fully saturated rings. The van der Waals surface area contributed by atoms with Crippen molar-refractivity contribution < 1.29 is 29.3 Å². The fourth-order valence-electron chi connectivity index (χ4n) is 1.78. The topological polar surface area (TPSA) is 105 Å². The van der Waals surface area contributed by atoms with Crippen molar-refractivity contribution in [1.82, 2.24) is 5.32 Å². The van der Waals surface area contributed by atoms with Crippen molar-refractivity contribution in [3.63, 3.8) is 0 Å². The van der Waals surface area contributed by atoms with Gasteiger partial charge >= 0.3 is 5.97 Å². The van der Waals surface area contributed by atoms with Crippen LogP contribution in [0.15, 0.2) is 24.3 Å². The zero-order valence-corrected chi connectivity index (χ0v) is 10.8. The first-order chi connectivity index (χ1) is 9.49. The first-order valence-electron chi connectivity index (χ1n) is 6.08. The molecule has 108 valence electrons. The highest BCUT2D eigenvalue weighted by Crippen LogP contribution is 2.30. The Balaban J connectivity index is 2.03. The van der Waals surface area contributed by atoms with Crippen molar-refractivity contribution in [2.45, 2.75) is 25.2 Å². The van der Waals surface area contributed by atoms with Crippen molar-refractivity contribution in [2.75, 3.05) is 6.61 Å². The van der Waals surface area contributed by atoms with Crippen LogP contribution in [0.25, 0.3) is 0 Å². The van der Waals surface area contributed by atoms with Crippen LogP contribution >= 0.6 is 0 Å². The van der Waals surface area contributed by atoms with E-state index in [2.05, 4.69) is 5.32 Å². The molecule has 20 heavy (non-hydrogen) atoms. The lowest BCUT2D eigenvalue weighted by Crippen LogP contribution is -2.53. The summed E-state index contributed by atoms with van der Waals surface area (Å²) in [6, 6.07) is 5.48. The number of nitrogens with one attached hydrogen (secondary N) is 1.